The Morgan fingerprint density at radius 2 is 1.95 bits per heavy atom. The molecule has 2 rings (SSSR count). The van der Waals surface area contributed by atoms with Crippen molar-refractivity contribution < 1.29 is 9.47 Å². The Morgan fingerprint density at radius 1 is 1.33 bits per heavy atom. The number of morpholine rings is 1. The minimum atomic E-state index is -0.191. The van der Waals surface area contributed by atoms with Crippen molar-refractivity contribution in [2.45, 2.75) is 45.3 Å². The van der Waals surface area contributed by atoms with Gasteiger partial charge < -0.3 is 15.2 Å². The van der Waals surface area contributed by atoms with E-state index in [-0.39, 0.29) is 17.6 Å². The zero-order chi connectivity index (χ0) is 15.6. The van der Waals surface area contributed by atoms with Gasteiger partial charge in [-0.25, -0.2) is 0 Å². The van der Waals surface area contributed by atoms with Crippen LogP contribution in [0.25, 0.3) is 0 Å². The lowest BCUT2D eigenvalue weighted by molar-refractivity contribution is -0.0202. The second-order valence-electron chi connectivity index (χ2n) is 6.37. The fraction of sp³-hybridized carbons (Fsp3) is 0.800. The van der Waals surface area contributed by atoms with Crippen LogP contribution in [0.5, 0.6) is 5.75 Å². The molecule has 2 heterocycles. The van der Waals surface area contributed by atoms with Crippen LogP contribution in [-0.2, 0) is 4.74 Å². The molecule has 1 fully saturated rings. The van der Waals surface area contributed by atoms with Gasteiger partial charge in [0.25, 0.3) is 0 Å². The van der Waals surface area contributed by atoms with Gasteiger partial charge in [0, 0.05) is 24.7 Å². The summed E-state index contributed by atoms with van der Waals surface area (Å²) in [4.78, 5) is 2.39. The summed E-state index contributed by atoms with van der Waals surface area (Å²) < 4.78 is 12.9. The van der Waals surface area contributed by atoms with Crippen LogP contribution in [0.4, 0.5) is 0 Å². The lowest BCUT2D eigenvalue weighted by atomic mass is 9.89. The van der Waals surface area contributed by atoms with Crippen LogP contribution in [0.2, 0.25) is 0 Å². The van der Waals surface area contributed by atoms with Crippen molar-refractivity contribution in [2.24, 2.45) is 5.73 Å². The van der Waals surface area contributed by atoms with Crippen LogP contribution in [0.1, 0.15) is 45.5 Å². The number of ether oxygens (including phenoxy) is 2. The van der Waals surface area contributed by atoms with Crippen molar-refractivity contribution in [3.8, 4) is 5.75 Å². The molecule has 6 heteroatoms. The van der Waals surface area contributed by atoms with Crippen LogP contribution in [0.15, 0.2) is 6.20 Å². The van der Waals surface area contributed by atoms with E-state index in [2.05, 4.69) is 37.7 Å². The lowest BCUT2D eigenvalue weighted by Gasteiger charge is -2.44. The zero-order valence-corrected chi connectivity index (χ0v) is 13.8. The molecule has 0 spiro atoms. The fourth-order valence-electron chi connectivity index (χ4n) is 2.89. The van der Waals surface area contributed by atoms with Crippen molar-refractivity contribution in [1.29, 1.82) is 0 Å². The summed E-state index contributed by atoms with van der Waals surface area (Å²) in [5, 5.41) is 4.43. The predicted octanol–water partition coefficient (Wildman–Crippen LogP) is 1.58. The van der Waals surface area contributed by atoms with Crippen molar-refractivity contribution in [1.82, 2.24) is 14.7 Å². The van der Waals surface area contributed by atoms with Gasteiger partial charge in [-0.2, -0.15) is 5.10 Å². The smallest absolute Gasteiger partial charge is 0.161 e. The van der Waals surface area contributed by atoms with E-state index < -0.39 is 0 Å². The van der Waals surface area contributed by atoms with Crippen molar-refractivity contribution in [3.05, 3.63) is 11.9 Å². The normalized spacial score (nSPS) is 19.0. The van der Waals surface area contributed by atoms with E-state index >= 15 is 0 Å². The van der Waals surface area contributed by atoms with Crippen molar-refractivity contribution in [2.75, 3.05) is 33.4 Å². The molecule has 0 aliphatic carbocycles. The first kappa shape index (κ1) is 16.3. The summed E-state index contributed by atoms with van der Waals surface area (Å²) in [6, 6.07) is 0.0610. The zero-order valence-electron chi connectivity index (χ0n) is 13.8. The molecule has 2 N–H and O–H groups in total. The van der Waals surface area contributed by atoms with Crippen LogP contribution in [-0.4, -0.2) is 53.6 Å². The third-order valence-electron chi connectivity index (χ3n) is 4.39. The molecule has 120 valence electrons. The highest BCUT2D eigenvalue weighted by atomic mass is 16.5. The van der Waals surface area contributed by atoms with Crippen LogP contribution in [0.3, 0.4) is 0 Å². The molecule has 1 aliphatic heterocycles. The Hall–Kier alpha value is -1.11. The van der Waals surface area contributed by atoms with Crippen molar-refractivity contribution in [3.63, 3.8) is 0 Å². The van der Waals surface area contributed by atoms with Crippen LogP contribution >= 0.6 is 0 Å². The first-order chi connectivity index (χ1) is 9.89. The molecule has 21 heavy (non-hydrogen) atoms. The lowest BCUT2D eigenvalue weighted by Crippen LogP contribution is -2.55. The Labute approximate surface area is 127 Å². The second kappa shape index (κ2) is 6.34. The number of nitrogens with zero attached hydrogens (tertiary/aromatic N) is 3. The molecular weight excluding hydrogens is 268 g/mol. The third-order valence-corrected chi connectivity index (χ3v) is 4.39. The fourth-order valence-corrected chi connectivity index (χ4v) is 2.89. The van der Waals surface area contributed by atoms with Gasteiger partial charge in [0.05, 0.1) is 38.3 Å². The maximum Gasteiger partial charge on any atom is 0.161 e. The molecule has 1 aliphatic rings. The molecule has 0 aromatic carbocycles. The van der Waals surface area contributed by atoms with Gasteiger partial charge in [-0.3, -0.25) is 9.58 Å². The number of aromatic nitrogens is 2. The van der Waals surface area contributed by atoms with Crippen LogP contribution in [0, 0.1) is 0 Å². The van der Waals surface area contributed by atoms with E-state index in [1.807, 2.05) is 4.68 Å². The largest absolute Gasteiger partial charge is 0.493 e. The molecular formula is C15H28N4O2. The molecule has 1 atom stereocenters. The topological polar surface area (TPSA) is 65.5 Å². The number of hydrogen-bond acceptors (Lipinski definition) is 5. The average Bonchev–Trinajstić information content (AvgIpc) is 2.91. The van der Waals surface area contributed by atoms with Gasteiger partial charge in [-0.05, 0) is 27.7 Å². The van der Waals surface area contributed by atoms with E-state index in [1.165, 1.54) is 0 Å². The molecule has 0 amide bonds. The highest BCUT2D eigenvalue weighted by Gasteiger charge is 2.38. The van der Waals surface area contributed by atoms with Gasteiger partial charge in [0.2, 0.25) is 0 Å². The monoisotopic (exact) mass is 296 g/mol. The molecule has 1 saturated heterocycles. The Kier molecular flexibility index (Phi) is 4.91. The maximum absolute atomic E-state index is 6.64. The first-order valence-electron chi connectivity index (χ1n) is 7.59. The summed E-state index contributed by atoms with van der Waals surface area (Å²) in [6.45, 7) is 11.9. The number of methoxy groups -OCH3 is 1. The molecule has 1 aromatic heterocycles. The predicted molar refractivity (Wildman–Crippen MR) is 82.6 cm³/mol. The Morgan fingerprint density at radius 3 is 2.48 bits per heavy atom. The summed E-state index contributed by atoms with van der Waals surface area (Å²) in [5.41, 5.74) is 7.41. The van der Waals surface area contributed by atoms with Gasteiger partial charge in [-0.15, -0.1) is 0 Å². The minimum absolute atomic E-state index is 0.185. The Balaban J connectivity index is 2.33. The number of hydrogen-bond donors (Lipinski definition) is 1. The van der Waals surface area contributed by atoms with E-state index in [4.69, 9.17) is 15.2 Å². The summed E-state index contributed by atoms with van der Waals surface area (Å²) in [5.74, 6) is 0.762. The Bertz CT molecular complexity index is 464. The molecule has 1 aromatic rings. The highest BCUT2D eigenvalue weighted by Crippen LogP contribution is 2.35. The van der Waals surface area contributed by atoms with E-state index in [9.17, 15) is 0 Å². The van der Waals surface area contributed by atoms with Gasteiger partial charge >= 0.3 is 0 Å². The number of nitrogens with two attached hydrogens (primary N) is 1. The van der Waals surface area contributed by atoms with E-state index in [0.29, 0.717) is 0 Å². The maximum atomic E-state index is 6.64. The van der Waals surface area contributed by atoms with Gasteiger partial charge in [-0.1, -0.05) is 0 Å². The third kappa shape index (κ3) is 3.07. The van der Waals surface area contributed by atoms with E-state index in [1.54, 1.807) is 13.3 Å². The molecule has 1 unspecified atom stereocenters. The molecule has 0 bridgehead atoms. The SMILES string of the molecule is COc1cnn(C(C)C)c1C(N)C(C)(C)N1CCOCC1. The van der Waals surface area contributed by atoms with Gasteiger partial charge in [0.1, 0.15) is 0 Å². The van der Waals surface area contributed by atoms with E-state index in [0.717, 1.165) is 37.7 Å². The van der Waals surface area contributed by atoms with Crippen molar-refractivity contribution >= 4 is 0 Å². The number of rotatable bonds is 5. The minimum Gasteiger partial charge on any atom is -0.493 e. The second-order valence-corrected chi connectivity index (χ2v) is 6.37. The molecule has 0 radical (unpaired) electrons. The summed E-state index contributed by atoms with van der Waals surface area (Å²) in [6.07, 6.45) is 1.75. The first-order valence-corrected chi connectivity index (χ1v) is 7.59. The summed E-state index contributed by atoms with van der Waals surface area (Å²) >= 11 is 0. The van der Waals surface area contributed by atoms with Gasteiger partial charge in [0.15, 0.2) is 5.75 Å². The summed E-state index contributed by atoms with van der Waals surface area (Å²) in [7, 11) is 1.67. The quantitative estimate of drug-likeness (QED) is 0.893. The standard InChI is InChI=1S/C15H28N4O2/c1-11(2)19-13(12(20-5)10-17-19)14(16)15(3,4)18-6-8-21-9-7-18/h10-11,14H,6-9,16H2,1-5H3. The highest BCUT2D eigenvalue weighted by molar-refractivity contribution is 5.31. The molecule has 6 nitrogen and oxygen atoms in total. The van der Waals surface area contributed by atoms with Crippen LogP contribution < -0.4 is 10.5 Å². The average molecular weight is 296 g/mol. The molecule has 0 saturated carbocycles.